The number of hydrogen-bond donors (Lipinski definition) is 3. The van der Waals surface area contributed by atoms with Crippen LogP contribution < -0.4 is 4.72 Å². The van der Waals surface area contributed by atoms with Crippen molar-refractivity contribution in [2.75, 3.05) is 4.72 Å². The van der Waals surface area contributed by atoms with Crippen molar-refractivity contribution in [2.45, 2.75) is 11.9 Å². The van der Waals surface area contributed by atoms with E-state index < -0.39 is 16.0 Å². The van der Waals surface area contributed by atoms with E-state index in [0.717, 1.165) is 11.3 Å². The van der Waals surface area contributed by atoms with Gasteiger partial charge in [0.15, 0.2) is 5.03 Å². The summed E-state index contributed by atoms with van der Waals surface area (Å²) < 4.78 is 26.0. The molecule has 0 aliphatic heterocycles. The summed E-state index contributed by atoms with van der Waals surface area (Å²) in [5.74, 6) is -0.615. The number of carboxylic acid groups (broad SMARTS) is 1. The number of nitrogens with one attached hydrogen (secondary N) is 2. The van der Waals surface area contributed by atoms with Gasteiger partial charge in [0.1, 0.15) is 15.7 Å². The minimum atomic E-state index is -3.76. The lowest BCUT2D eigenvalue weighted by molar-refractivity contribution is 0.0702. The second kappa shape index (κ2) is 4.42. The van der Waals surface area contributed by atoms with E-state index in [-0.39, 0.29) is 14.9 Å². The molecule has 0 aliphatic carbocycles. The lowest BCUT2D eigenvalue weighted by Gasteiger charge is -2.02. The number of sulfonamides is 1. The zero-order chi connectivity index (χ0) is 13.3. The average molecular weight is 287 g/mol. The Labute approximate surface area is 107 Å². The third kappa shape index (κ3) is 2.51. The molecule has 0 atom stereocenters. The number of aryl methyl sites for hydroxylation is 1. The number of carboxylic acids is 1. The van der Waals surface area contributed by atoms with Crippen LogP contribution in [-0.4, -0.2) is 29.5 Å². The number of thiophene rings is 1. The Morgan fingerprint density at radius 2 is 2.22 bits per heavy atom. The van der Waals surface area contributed by atoms with Crippen LogP contribution in [0.4, 0.5) is 5.00 Å². The van der Waals surface area contributed by atoms with Crippen molar-refractivity contribution in [3.8, 4) is 0 Å². The summed E-state index contributed by atoms with van der Waals surface area (Å²) in [6, 6.07) is 2.73. The van der Waals surface area contributed by atoms with Crippen molar-refractivity contribution >= 4 is 32.3 Å². The van der Waals surface area contributed by atoms with Crippen molar-refractivity contribution in [2.24, 2.45) is 0 Å². The van der Waals surface area contributed by atoms with Gasteiger partial charge in [0.2, 0.25) is 0 Å². The number of anilines is 1. The molecule has 18 heavy (non-hydrogen) atoms. The van der Waals surface area contributed by atoms with Crippen LogP contribution in [0.1, 0.15) is 15.5 Å². The first-order chi connectivity index (χ1) is 8.38. The maximum atomic E-state index is 11.9. The summed E-state index contributed by atoms with van der Waals surface area (Å²) in [5.41, 5.74) is 0. The molecule has 9 heteroatoms. The molecule has 96 valence electrons. The summed E-state index contributed by atoms with van der Waals surface area (Å²) >= 11 is 0.845. The molecule has 2 aromatic rings. The number of H-pyrrole nitrogens is 1. The molecule has 0 spiro atoms. The van der Waals surface area contributed by atoms with Crippen LogP contribution >= 0.6 is 11.3 Å². The van der Waals surface area contributed by atoms with Gasteiger partial charge in [0.25, 0.3) is 10.0 Å². The number of hydrogen-bond acceptors (Lipinski definition) is 5. The first kappa shape index (κ1) is 12.6. The Morgan fingerprint density at radius 1 is 1.50 bits per heavy atom. The van der Waals surface area contributed by atoms with Crippen LogP contribution in [0.15, 0.2) is 23.4 Å². The van der Waals surface area contributed by atoms with Crippen molar-refractivity contribution in [3.05, 3.63) is 29.0 Å². The minimum Gasteiger partial charge on any atom is -0.477 e. The lowest BCUT2D eigenvalue weighted by atomic mass is 10.5. The molecule has 3 N–H and O–H groups in total. The highest BCUT2D eigenvalue weighted by Crippen LogP contribution is 2.24. The third-order valence-electron chi connectivity index (χ3n) is 2.02. The molecule has 0 fully saturated rings. The minimum absolute atomic E-state index is 0.0634. The highest BCUT2D eigenvalue weighted by atomic mass is 32.2. The molecule has 0 amide bonds. The number of aromatic nitrogens is 2. The van der Waals surface area contributed by atoms with E-state index >= 15 is 0 Å². The predicted molar refractivity (Wildman–Crippen MR) is 65.4 cm³/mol. The summed E-state index contributed by atoms with van der Waals surface area (Å²) in [6.45, 7) is 1.63. The number of carbonyl (C=O) groups is 1. The molecule has 7 nitrogen and oxygen atoms in total. The molecule has 0 bridgehead atoms. The highest BCUT2D eigenvalue weighted by Gasteiger charge is 2.18. The number of aromatic amines is 1. The van der Waals surface area contributed by atoms with E-state index in [9.17, 15) is 13.2 Å². The topological polar surface area (TPSA) is 112 Å². The van der Waals surface area contributed by atoms with E-state index in [1.54, 1.807) is 6.92 Å². The molecule has 0 radical (unpaired) electrons. The molecule has 0 aromatic carbocycles. The molecule has 0 saturated heterocycles. The van der Waals surface area contributed by atoms with E-state index in [2.05, 4.69) is 14.7 Å². The molecule has 2 heterocycles. The average Bonchev–Trinajstić information content (AvgIpc) is 2.86. The molecular weight excluding hydrogens is 278 g/mol. The largest absolute Gasteiger partial charge is 0.477 e. The van der Waals surface area contributed by atoms with Crippen molar-refractivity contribution in [1.82, 2.24) is 9.97 Å². The highest BCUT2D eigenvalue weighted by molar-refractivity contribution is 7.92. The maximum Gasteiger partial charge on any atom is 0.345 e. The van der Waals surface area contributed by atoms with Gasteiger partial charge in [0.05, 0.1) is 6.20 Å². The zero-order valence-electron chi connectivity index (χ0n) is 9.17. The van der Waals surface area contributed by atoms with Crippen molar-refractivity contribution in [3.63, 3.8) is 0 Å². The Bertz CT molecular complexity index is 686. The van der Waals surface area contributed by atoms with Gasteiger partial charge in [-0.1, -0.05) is 0 Å². The Morgan fingerprint density at radius 3 is 2.72 bits per heavy atom. The fraction of sp³-hybridized carbons (Fsp3) is 0.111. The Balaban J connectivity index is 2.25. The Kier molecular flexibility index (Phi) is 3.09. The number of rotatable bonds is 4. The van der Waals surface area contributed by atoms with Crippen molar-refractivity contribution < 1.29 is 18.3 Å². The van der Waals surface area contributed by atoms with Gasteiger partial charge in [-0.05, 0) is 19.1 Å². The van der Waals surface area contributed by atoms with Gasteiger partial charge >= 0.3 is 5.97 Å². The standard InChI is InChI=1S/C9H9N3O4S2/c1-5-10-4-8(11-5)18(15,16)12-7-3-2-6(17-7)9(13)14/h2-4,12H,1H3,(H,10,11)(H,13,14). The molecule has 0 unspecified atom stereocenters. The van der Waals surface area contributed by atoms with Crippen LogP contribution in [0.5, 0.6) is 0 Å². The number of imidazole rings is 1. The van der Waals surface area contributed by atoms with E-state index in [1.807, 2.05) is 0 Å². The van der Waals surface area contributed by atoms with E-state index in [1.165, 1.54) is 18.3 Å². The van der Waals surface area contributed by atoms with E-state index in [4.69, 9.17) is 5.11 Å². The SMILES string of the molecule is Cc1ncc(S(=O)(=O)Nc2ccc(C(=O)O)s2)[nH]1. The maximum absolute atomic E-state index is 11.9. The number of nitrogens with zero attached hydrogens (tertiary/aromatic N) is 1. The van der Waals surface area contributed by atoms with Crippen LogP contribution in [0, 0.1) is 6.92 Å². The predicted octanol–water partition coefficient (Wildman–Crippen LogP) is 1.28. The van der Waals surface area contributed by atoms with E-state index in [0.29, 0.717) is 5.82 Å². The second-order valence-corrected chi connectivity index (χ2v) is 6.14. The summed E-state index contributed by atoms with van der Waals surface area (Å²) in [7, 11) is -3.76. The van der Waals surface area contributed by atoms with Gasteiger partial charge in [-0.2, -0.15) is 8.42 Å². The fourth-order valence-corrected chi connectivity index (χ4v) is 3.24. The molecule has 2 aromatic heterocycles. The third-order valence-corrected chi connectivity index (χ3v) is 4.41. The lowest BCUT2D eigenvalue weighted by Crippen LogP contribution is -2.12. The fourth-order valence-electron chi connectivity index (χ4n) is 1.23. The van der Waals surface area contributed by atoms with Crippen molar-refractivity contribution in [1.29, 1.82) is 0 Å². The van der Waals surface area contributed by atoms with Gasteiger partial charge in [-0.15, -0.1) is 11.3 Å². The first-order valence-corrected chi connectivity index (χ1v) is 7.06. The second-order valence-electron chi connectivity index (χ2n) is 3.41. The molecule has 0 aliphatic rings. The quantitative estimate of drug-likeness (QED) is 0.784. The smallest absolute Gasteiger partial charge is 0.345 e. The monoisotopic (exact) mass is 287 g/mol. The first-order valence-electron chi connectivity index (χ1n) is 4.76. The van der Waals surface area contributed by atoms with Crippen LogP contribution in [0.3, 0.4) is 0 Å². The van der Waals surface area contributed by atoms with Gasteiger partial charge < -0.3 is 10.1 Å². The molecular formula is C9H9N3O4S2. The zero-order valence-corrected chi connectivity index (χ0v) is 10.8. The summed E-state index contributed by atoms with van der Waals surface area (Å²) in [4.78, 5) is 17.1. The van der Waals surface area contributed by atoms with Gasteiger partial charge in [0, 0.05) is 0 Å². The Hall–Kier alpha value is -1.87. The summed E-state index contributed by atoms with van der Waals surface area (Å²) in [6.07, 6.45) is 1.20. The van der Waals surface area contributed by atoms with Gasteiger partial charge in [-0.25, -0.2) is 9.78 Å². The van der Waals surface area contributed by atoms with Crippen LogP contribution in [-0.2, 0) is 10.0 Å². The normalized spacial score (nSPS) is 11.4. The number of aromatic carboxylic acids is 1. The van der Waals surface area contributed by atoms with Crippen LogP contribution in [0.2, 0.25) is 0 Å². The molecule has 0 saturated carbocycles. The van der Waals surface area contributed by atoms with Gasteiger partial charge in [-0.3, -0.25) is 4.72 Å². The molecule has 2 rings (SSSR count). The van der Waals surface area contributed by atoms with Crippen LogP contribution in [0.25, 0.3) is 0 Å². The summed E-state index contributed by atoms with van der Waals surface area (Å²) in [5, 5.41) is 8.91.